The van der Waals surface area contributed by atoms with Crippen molar-refractivity contribution in [2.24, 2.45) is 5.73 Å². The Hall–Kier alpha value is -1.32. The quantitative estimate of drug-likeness (QED) is 0.936. The maximum Gasteiger partial charge on any atom is 0.132 e. The lowest BCUT2D eigenvalue weighted by molar-refractivity contribution is 0.301. The number of hydrogen-bond donors (Lipinski definition) is 1. The molecular weight excluding hydrogens is 270 g/mol. The minimum absolute atomic E-state index is 0.171. The molecule has 0 amide bonds. The lowest BCUT2D eigenvalue weighted by Gasteiger charge is -2.37. The zero-order chi connectivity index (χ0) is 14.0. The van der Waals surface area contributed by atoms with E-state index in [9.17, 15) is 0 Å². The Labute approximate surface area is 124 Å². The van der Waals surface area contributed by atoms with Crippen LogP contribution in [-0.2, 0) is 5.41 Å². The summed E-state index contributed by atoms with van der Waals surface area (Å²) in [6, 6.07) is 10.3. The molecule has 3 rings (SSSR count). The maximum absolute atomic E-state index is 6.10. The number of halogens is 1. The van der Waals surface area contributed by atoms with Crippen LogP contribution in [0.5, 0.6) is 0 Å². The van der Waals surface area contributed by atoms with E-state index in [0.717, 1.165) is 12.2 Å². The number of benzene rings is 1. The number of rotatable bonds is 3. The molecular formula is C16H20ClN3. The van der Waals surface area contributed by atoms with E-state index in [-0.39, 0.29) is 5.41 Å². The molecule has 3 nitrogen and oxygen atoms in total. The van der Waals surface area contributed by atoms with Gasteiger partial charge in [0.25, 0.3) is 0 Å². The Morgan fingerprint density at radius 2 is 1.80 bits per heavy atom. The molecule has 1 heterocycles. The van der Waals surface area contributed by atoms with Crippen molar-refractivity contribution < 1.29 is 0 Å². The van der Waals surface area contributed by atoms with E-state index >= 15 is 0 Å². The van der Waals surface area contributed by atoms with Gasteiger partial charge >= 0.3 is 0 Å². The molecule has 106 valence electrons. The van der Waals surface area contributed by atoms with Gasteiger partial charge in [0.2, 0.25) is 0 Å². The topological polar surface area (TPSA) is 43.8 Å². The molecule has 0 atom stereocenters. The van der Waals surface area contributed by atoms with Crippen LogP contribution in [0.2, 0.25) is 5.15 Å². The minimum atomic E-state index is 0.171. The van der Waals surface area contributed by atoms with E-state index in [1.165, 1.54) is 37.7 Å². The highest BCUT2D eigenvalue weighted by molar-refractivity contribution is 6.29. The molecule has 20 heavy (non-hydrogen) atoms. The monoisotopic (exact) mass is 289 g/mol. The molecule has 2 aromatic rings. The molecule has 1 saturated carbocycles. The van der Waals surface area contributed by atoms with Crippen LogP contribution in [0.3, 0.4) is 0 Å². The van der Waals surface area contributed by atoms with Gasteiger partial charge in [-0.3, -0.25) is 0 Å². The normalized spacial score (nSPS) is 18.1. The van der Waals surface area contributed by atoms with Crippen molar-refractivity contribution in [2.75, 3.05) is 6.54 Å². The van der Waals surface area contributed by atoms with Crippen molar-refractivity contribution >= 4 is 11.6 Å². The fourth-order valence-electron chi connectivity index (χ4n) is 3.27. The SMILES string of the molecule is NCC1(c2ccc(-n3nccc3Cl)cc2)CCCCC1. The lowest BCUT2D eigenvalue weighted by Crippen LogP contribution is -2.37. The largest absolute Gasteiger partial charge is 0.330 e. The predicted octanol–water partition coefficient (Wildman–Crippen LogP) is 3.69. The first-order valence-corrected chi connectivity index (χ1v) is 7.63. The number of aromatic nitrogens is 2. The van der Waals surface area contributed by atoms with Crippen molar-refractivity contribution in [2.45, 2.75) is 37.5 Å². The fourth-order valence-corrected chi connectivity index (χ4v) is 3.47. The zero-order valence-electron chi connectivity index (χ0n) is 11.6. The molecule has 0 bridgehead atoms. The Morgan fingerprint density at radius 1 is 1.10 bits per heavy atom. The first-order valence-electron chi connectivity index (χ1n) is 7.26. The molecule has 2 N–H and O–H groups in total. The zero-order valence-corrected chi connectivity index (χ0v) is 12.3. The number of hydrogen-bond acceptors (Lipinski definition) is 2. The average Bonchev–Trinajstić information content (AvgIpc) is 2.94. The van der Waals surface area contributed by atoms with E-state index in [4.69, 9.17) is 17.3 Å². The van der Waals surface area contributed by atoms with Gasteiger partial charge < -0.3 is 5.73 Å². The third-order valence-corrected chi connectivity index (χ3v) is 4.81. The highest BCUT2D eigenvalue weighted by Gasteiger charge is 2.32. The van der Waals surface area contributed by atoms with Gasteiger partial charge in [-0.05, 0) is 36.6 Å². The third-order valence-electron chi connectivity index (χ3n) is 4.52. The molecule has 4 heteroatoms. The van der Waals surface area contributed by atoms with E-state index in [2.05, 4.69) is 29.4 Å². The summed E-state index contributed by atoms with van der Waals surface area (Å²) in [5, 5.41) is 4.85. The molecule has 0 saturated heterocycles. The molecule has 1 aliphatic rings. The van der Waals surface area contributed by atoms with Crippen LogP contribution in [0, 0.1) is 0 Å². The molecule has 0 spiro atoms. The van der Waals surface area contributed by atoms with Crippen LogP contribution >= 0.6 is 11.6 Å². The predicted molar refractivity (Wildman–Crippen MR) is 82.4 cm³/mol. The van der Waals surface area contributed by atoms with Crippen LogP contribution in [0.25, 0.3) is 5.69 Å². The van der Waals surface area contributed by atoms with Crippen molar-refractivity contribution in [3.63, 3.8) is 0 Å². The standard InChI is InChI=1S/C16H20ClN3/c17-15-8-11-19-20(15)14-6-4-13(5-7-14)16(12-18)9-2-1-3-10-16/h4-8,11H,1-3,9-10,12,18H2. The second kappa shape index (κ2) is 5.58. The van der Waals surface area contributed by atoms with E-state index in [0.29, 0.717) is 5.15 Å². The summed E-state index contributed by atoms with van der Waals surface area (Å²) in [5.41, 5.74) is 8.61. The van der Waals surface area contributed by atoms with Crippen molar-refractivity contribution in [1.29, 1.82) is 0 Å². The van der Waals surface area contributed by atoms with Crippen LogP contribution in [-0.4, -0.2) is 16.3 Å². The van der Waals surface area contributed by atoms with Crippen LogP contribution < -0.4 is 5.73 Å². The minimum Gasteiger partial charge on any atom is -0.330 e. The molecule has 1 aliphatic carbocycles. The van der Waals surface area contributed by atoms with Crippen LogP contribution in [0.15, 0.2) is 36.5 Å². The first kappa shape index (κ1) is 13.7. The summed E-state index contributed by atoms with van der Waals surface area (Å²) in [7, 11) is 0. The Morgan fingerprint density at radius 3 is 2.35 bits per heavy atom. The molecule has 0 radical (unpaired) electrons. The summed E-state index contributed by atoms with van der Waals surface area (Å²) >= 11 is 6.10. The second-order valence-corrected chi connectivity index (χ2v) is 6.04. The number of nitrogens with zero attached hydrogens (tertiary/aromatic N) is 2. The molecule has 0 unspecified atom stereocenters. The highest BCUT2D eigenvalue weighted by Crippen LogP contribution is 2.38. The van der Waals surface area contributed by atoms with Gasteiger partial charge in [0.15, 0.2) is 0 Å². The van der Waals surface area contributed by atoms with Gasteiger partial charge in [-0.1, -0.05) is 43.0 Å². The van der Waals surface area contributed by atoms with Crippen molar-refractivity contribution in [1.82, 2.24) is 9.78 Å². The van der Waals surface area contributed by atoms with Crippen LogP contribution in [0.1, 0.15) is 37.7 Å². The molecule has 1 aromatic carbocycles. The van der Waals surface area contributed by atoms with E-state index < -0.39 is 0 Å². The van der Waals surface area contributed by atoms with Gasteiger partial charge in [-0.2, -0.15) is 5.10 Å². The maximum atomic E-state index is 6.10. The highest BCUT2D eigenvalue weighted by atomic mass is 35.5. The number of nitrogens with two attached hydrogens (primary N) is 1. The van der Waals surface area contributed by atoms with Gasteiger partial charge in [0.05, 0.1) is 11.9 Å². The van der Waals surface area contributed by atoms with Gasteiger partial charge in [0, 0.05) is 12.0 Å². The Kier molecular flexibility index (Phi) is 3.81. The van der Waals surface area contributed by atoms with Gasteiger partial charge in [-0.25, -0.2) is 4.68 Å². The summed E-state index contributed by atoms with van der Waals surface area (Å²) in [5.74, 6) is 0. The Bertz CT molecular complexity index is 568. The molecule has 0 aliphatic heterocycles. The summed E-state index contributed by atoms with van der Waals surface area (Å²) in [6.45, 7) is 0.731. The second-order valence-electron chi connectivity index (χ2n) is 5.66. The summed E-state index contributed by atoms with van der Waals surface area (Å²) < 4.78 is 1.74. The lowest BCUT2D eigenvalue weighted by atomic mass is 9.69. The van der Waals surface area contributed by atoms with Gasteiger partial charge in [-0.15, -0.1) is 0 Å². The molecule has 1 fully saturated rings. The van der Waals surface area contributed by atoms with E-state index in [1.807, 2.05) is 0 Å². The summed E-state index contributed by atoms with van der Waals surface area (Å²) in [4.78, 5) is 0. The van der Waals surface area contributed by atoms with Crippen molar-refractivity contribution in [3.05, 3.63) is 47.2 Å². The first-order chi connectivity index (χ1) is 9.75. The van der Waals surface area contributed by atoms with Gasteiger partial charge in [0.1, 0.15) is 5.15 Å². The fraction of sp³-hybridized carbons (Fsp3) is 0.438. The van der Waals surface area contributed by atoms with E-state index in [1.54, 1.807) is 16.9 Å². The Balaban J connectivity index is 1.91. The average molecular weight is 290 g/mol. The summed E-state index contributed by atoms with van der Waals surface area (Å²) in [6.07, 6.45) is 8.01. The third kappa shape index (κ3) is 2.36. The van der Waals surface area contributed by atoms with Crippen LogP contribution in [0.4, 0.5) is 0 Å². The molecule has 1 aromatic heterocycles. The smallest absolute Gasteiger partial charge is 0.132 e. The van der Waals surface area contributed by atoms with Crippen molar-refractivity contribution in [3.8, 4) is 5.69 Å².